The van der Waals surface area contributed by atoms with Gasteiger partial charge in [0.1, 0.15) is 6.61 Å². The number of ether oxygens (including phenoxy) is 2. The molecule has 1 aliphatic rings. The lowest BCUT2D eigenvalue weighted by atomic mass is 10.0. The van der Waals surface area contributed by atoms with Gasteiger partial charge in [0, 0.05) is 23.1 Å². The highest BCUT2D eigenvalue weighted by Gasteiger charge is 2.37. The van der Waals surface area contributed by atoms with E-state index in [2.05, 4.69) is 44.0 Å². The van der Waals surface area contributed by atoms with E-state index in [9.17, 15) is 5.11 Å². The fraction of sp³-hybridized carbons (Fsp3) is 0.393. The number of aromatic nitrogens is 1. The number of hydrogen-bond acceptors (Lipinski definition) is 4. The Morgan fingerprint density at radius 3 is 2.55 bits per heavy atom. The maximum absolute atomic E-state index is 11.8. The number of para-hydroxylation sites is 1. The van der Waals surface area contributed by atoms with Gasteiger partial charge in [0.05, 0.1) is 12.0 Å². The number of aliphatic hydroxyl groups excluding tert-OH is 1. The highest BCUT2D eigenvalue weighted by molar-refractivity contribution is 7.11. The molecule has 2 aromatic carbocycles. The minimum atomic E-state index is -0.836. The van der Waals surface area contributed by atoms with Crippen molar-refractivity contribution in [3.8, 4) is 17.2 Å². The number of benzene rings is 2. The number of methoxy groups -OCH3 is 1. The van der Waals surface area contributed by atoms with Crippen molar-refractivity contribution in [2.45, 2.75) is 59.0 Å². The number of hydrogen-bond donors (Lipinski definition) is 1. The second kappa shape index (κ2) is 10.1. The Morgan fingerprint density at radius 1 is 1.12 bits per heavy atom. The first-order chi connectivity index (χ1) is 16.0. The summed E-state index contributed by atoms with van der Waals surface area (Å²) in [5.41, 5.74) is 6.95. The normalized spacial score (nSPS) is 14.3. The monoisotopic (exact) mass is 464 g/mol. The standard InChI is InChI=1S/C28H34NO3S/c1-6-15-32-27-21(11-10-13-23(27)31-5)26(30)28-29(22-12-8-7-9-14-24(22)33-28)25-19(3)16-18(2)17-20(25)4/h6,10-11,13,16-17,26,30H,1,7-9,12,14-15H2,2-5H3/q+1. The van der Waals surface area contributed by atoms with Gasteiger partial charge in [-0.25, -0.2) is 0 Å². The molecule has 4 nitrogen and oxygen atoms in total. The van der Waals surface area contributed by atoms with Gasteiger partial charge in [-0.3, -0.25) is 0 Å². The van der Waals surface area contributed by atoms with Crippen LogP contribution < -0.4 is 14.0 Å². The van der Waals surface area contributed by atoms with Crippen molar-refractivity contribution in [1.82, 2.24) is 0 Å². The molecule has 33 heavy (non-hydrogen) atoms. The van der Waals surface area contributed by atoms with Crippen molar-refractivity contribution in [3.63, 3.8) is 0 Å². The predicted molar refractivity (Wildman–Crippen MR) is 134 cm³/mol. The van der Waals surface area contributed by atoms with E-state index in [0.29, 0.717) is 23.7 Å². The van der Waals surface area contributed by atoms with Crippen LogP contribution in [0.5, 0.6) is 11.5 Å². The molecule has 0 saturated carbocycles. The Morgan fingerprint density at radius 2 is 1.85 bits per heavy atom. The summed E-state index contributed by atoms with van der Waals surface area (Å²) in [5, 5.41) is 12.7. The van der Waals surface area contributed by atoms with Gasteiger partial charge < -0.3 is 14.6 Å². The van der Waals surface area contributed by atoms with Crippen LogP contribution in [0.2, 0.25) is 0 Å². The van der Waals surface area contributed by atoms with Gasteiger partial charge in [0.25, 0.3) is 5.01 Å². The molecule has 0 aliphatic heterocycles. The zero-order valence-corrected chi connectivity index (χ0v) is 20.9. The van der Waals surface area contributed by atoms with E-state index in [1.807, 2.05) is 18.2 Å². The molecule has 1 atom stereocenters. The van der Waals surface area contributed by atoms with Crippen LogP contribution in [0.1, 0.15) is 63.2 Å². The topological polar surface area (TPSA) is 42.6 Å². The van der Waals surface area contributed by atoms with E-state index < -0.39 is 6.10 Å². The summed E-state index contributed by atoms with van der Waals surface area (Å²) in [6.07, 6.45) is 6.59. The quantitative estimate of drug-likeness (QED) is 0.270. The molecule has 0 bridgehead atoms. The molecule has 0 spiro atoms. The molecule has 0 amide bonds. The van der Waals surface area contributed by atoms with E-state index in [-0.39, 0.29) is 0 Å². The third-order valence-corrected chi connectivity index (χ3v) is 7.62. The predicted octanol–water partition coefficient (Wildman–Crippen LogP) is 5.87. The number of nitrogens with zero attached hydrogens (tertiary/aromatic N) is 1. The first-order valence-electron chi connectivity index (χ1n) is 11.7. The minimum absolute atomic E-state index is 0.344. The average molecular weight is 465 g/mol. The molecule has 4 rings (SSSR count). The largest absolute Gasteiger partial charge is 0.493 e. The summed E-state index contributed by atoms with van der Waals surface area (Å²) in [5.74, 6) is 1.18. The second-order valence-corrected chi connectivity index (χ2v) is 9.95. The molecule has 5 heteroatoms. The lowest BCUT2D eigenvalue weighted by Gasteiger charge is -2.17. The SMILES string of the molecule is C=CCOc1c(OC)cccc1C(O)c1sc2c([n+]1-c1c(C)cc(C)cc1C)CCCCC2. The highest BCUT2D eigenvalue weighted by Crippen LogP contribution is 2.40. The highest BCUT2D eigenvalue weighted by atomic mass is 32.1. The Labute approximate surface area is 201 Å². The number of fused-ring (bicyclic) bond motifs is 1. The van der Waals surface area contributed by atoms with Gasteiger partial charge in [0.2, 0.25) is 11.4 Å². The maximum Gasteiger partial charge on any atom is 0.277 e. The van der Waals surface area contributed by atoms with E-state index in [0.717, 1.165) is 17.8 Å². The summed E-state index contributed by atoms with van der Waals surface area (Å²) in [4.78, 5) is 1.39. The van der Waals surface area contributed by atoms with Crippen LogP contribution in [-0.2, 0) is 12.8 Å². The zero-order valence-electron chi connectivity index (χ0n) is 20.1. The first-order valence-corrected chi connectivity index (χ1v) is 12.5. The Balaban J connectivity index is 1.94. The van der Waals surface area contributed by atoms with Crippen molar-refractivity contribution in [2.75, 3.05) is 13.7 Å². The minimum Gasteiger partial charge on any atom is -0.493 e. The smallest absolute Gasteiger partial charge is 0.277 e. The van der Waals surface area contributed by atoms with Crippen molar-refractivity contribution < 1.29 is 19.1 Å². The van der Waals surface area contributed by atoms with Gasteiger partial charge in [-0.05, 0) is 58.2 Å². The van der Waals surface area contributed by atoms with Crippen molar-refractivity contribution >= 4 is 11.3 Å². The second-order valence-electron chi connectivity index (χ2n) is 8.83. The Bertz CT molecular complexity index is 1140. The summed E-state index contributed by atoms with van der Waals surface area (Å²) >= 11 is 1.74. The third kappa shape index (κ3) is 4.57. The van der Waals surface area contributed by atoms with E-state index in [4.69, 9.17) is 9.47 Å². The van der Waals surface area contributed by atoms with Crippen LogP contribution in [0.25, 0.3) is 5.69 Å². The molecule has 1 aliphatic carbocycles. The Hall–Kier alpha value is -2.63. The number of rotatable bonds is 7. The van der Waals surface area contributed by atoms with Crippen LogP contribution >= 0.6 is 11.3 Å². The van der Waals surface area contributed by atoms with Gasteiger partial charge in [-0.1, -0.05) is 48.1 Å². The van der Waals surface area contributed by atoms with Crippen molar-refractivity contribution in [3.05, 3.63) is 80.8 Å². The zero-order chi connectivity index (χ0) is 23.5. The molecule has 0 saturated heterocycles. The van der Waals surface area contributed by atoms with Gasteiger partial charge in [0.15, 0.2) is 17.6 Å². The van der Waals surface area contributed by atoms with Crippen LogP contribution in [0.3, 0.4) is 0 Å². The molecule has 174 valence electrons. The van der Waals surface area contributed by atoms with Crippen molar-refractivity contribution in [1.29, 1.82) is 0 Å². The summed E-state index contributed by atoms with van der Waals surface area (Å²) in [6, 6.07) is 10.2. The maximum atomic E-state index is 11.8. The molecule has 1 N–H and O–H groups in total. The fourth-order valence-electron chi connectivity index (χ4n) is 4.98. The van der Waals surface area contributed by atoms with E-state index >= 15 is 0 Å². The molecule has 1 unspecified atom stereocenters. The molecule has 0 radical (unpaired) electrons. The molecule has 0 fully saturated rings. The summed E-state index contributed by atoms with van der Waals surface area (Å²) in [7, 11) is 1.62. The molecular formula is C28H34NO3S+. The van der Waals surface area contributed by atoms with Gasteiger partial charge in [-0.15, -0.1) is 4.57 Å². The molecule has 1 aromatic heterocycles. The Kier molecular flexibility index (Phi) is 7.20. The average Bonchev–Trinajstić information content (AvgIpc) is 2.98. The molecular weight excluding hydrogens is 430 g/mol. The van der Waals surface area contributed by atoms with Crippen LogP contribution in [0, 0.1) is 20.8 Å². The van der Waals surface area contributed by atoms with E-state index in [1.165, 1.54) is 52.2 Å². The number of aliphatic hydroxyl groups is 1. The lowest BCUT2D eigenvalue weighted by molar-refractivity contribution is -0.611. The number of thiazole rings is 1. The van der Waals surface area contributed by atoms with Crippen molar-refractivity contribution in [2.24, 2.45) is 0 Å². The lowest BCUT2D eigenvalue weighted by Crippen LogP contribution is -2.40. The van der Waals surface area contributed by atoms with Crippen LogP contribution in [0.15, 0.2) is 43.0 Å². The van der Waals surface area contributed by atoms with Gasteiger partial charge >= 0.3 is 0 Å². The van der Waals surface area contributed by atoms with Gasteiger partial charge in [-0.2, -0.15) is 0 Å². The van der Waals surface area contributed by atoms with Crippen LogP contribution in [0.4, 0.5) is 0 Å². The molecule has 3 aromatic rings. The fourth-order valence-corrected chi connectivity index (χ4v) is 6.32. The molecule has 1 heterocycles. The third-order valence-electron chi connectivity index (χ3n) is 6.32. The van der Waals surface area contributed by atoms with Crippen LogP contribution in [-0.4, -0.2) is 18.8 Å². The summed E-state index contributed by atoms with van der Waals surface area (Å²) < 4.78 is 13.9. The number of aryl methyl sites for hydroxylation is 4. The van der Waals surface area contributed by atoms with E-state index in [1.54, 1.807) is 24.5 Å². The first kappa shape index (κ1) is 23.5. The summed E-state index contributed by atoms with van der Waals surface area (Å²) in [6.45, 7) is 10.6.